The summed E-state index contributed by atoms with van der Waals surface area (Å²) in [5, 5.41) is 0. The Hall–Kier alpha value is -0.610. The third-order valence-corrected chi connectivity index (χ3v) is 4.64. The number of nitrogens with two attached hydrogens (primary N) is 1. The predicted octanol–water partition coefficient (Wildman–Crippen LogP) is 1.45. The molecule has 0 spiro atoms. The van der Waals surface area contributed by atoms with Crippen LogP contribution in [0.25, 0.3) is 0 Å². The second kappa shape index (κ2) is 7.25. The van der Waals surface area contributed by atoms with Crippen LogP contribution in [-0.4, -0.2) is 54.5 Å². The molecule has 0 unspecified atom stereocenters. The van der Waals surface area contributed by atoms with Gasteiger partial charge in [-0.15, -0.1) is 0 Å². The average Bonchev–Trinajstić information content (AvgIpc) is 2.40. The molecule has 0 bridgehead atoms. The highest BCUT2D eigenvalue weighted by Gasteiger charge is 2.28. The van der Waals surface area contributed by atoms with Gasteiger partial charge in [0.2, 0.25) is 5.91 Å². The highest BCUT2D eigenvalue weighted by Crippen LogP contribution is 2.30. The van der Waals surface area contributed by atoms with Gasteiger partial charge in [0.15, 0.2) is 0 Å². The average molecular weight is 267 g/mol. The van der Waals surface area contributed by atoms with Crippen molar-refractivity contribution in [3.63, 3.8) is 0 Å². The van der Waals surface area contributed by atoms with Gasteiger partial charge in [-0.05, 0) is 25.3 Å². The SMILES string of the molecule is CCCCN1CCN(C(=O)[C@@H](N)CC2CCC2)CC1. The lowest BCUT2D eigenvalue weighted by molar-refractivity contribution is -0.134. The fraction of sp³-hybridized carbons (Fsp3) is 0.933. The fourth-order valence-electron chi connectivity index (χ4n) is 3.00. The van der Waals surface area contributed by atoms with E-state index in [1.54, 1.807) is 0 Å². The summed E-state index contributed by atoms with van der Waals surface area (Å²) in [5.74, 6) is 0.895. The van der Waals surface area contributed by atoms with Crippen LogP contribution in [0.5, 0.6) is 0 Å². The van der Waals surface area contributed by atoms with Crippen LogP contribution >= 0.6 is 0 Å². The van der Waals surface area contributed by atoms with E-state index in [1.165, 1.54) is 38.6 Å². The van der Waals surface area contributed by atoms with Gasteiger partial charge in [-0.3, -0.25) is 9.69 Å². The number of amides is 1. The summed E-state index contributed by atoms with van der Waals surface area (Å²) in [6, 6.07) is -0.257. The lowest BCUT2D eigenvalue weighted by Crippen LogP contribution is -2.53. The summed E-state index contributed by atoms with van der Waals surface area (Å²) in [7, 11) is 0. The third-order valence-electron chi connectivity index (χ3n) is 4.64. The number of hydrogen-bond acceptors (Lipinski definition) is 3. The summed E-state index contributed by atoms with van der Waals surface area (Å²) in [6.07, 6.45) is 7.26. The molecule has 2 rings (SSSR count). The maximum absolute atomic E-state index is 12.3. The first-order chi connectivity index (χ1) is 9.20. The lowest BCUT2D eigenvalue weighted by Gasteiger charge is -2.37. The summed E-state index contributed by atoms with van der Waals surface area (Å²) in [6.45, 7) is 7.15. The molecule has 1 atom stereocenters. The van der Waals surface area contributed by atoms with Crippen LogP contribution in [0.15, 0.2) is 0 Å². The first kappa shape index (κ1) is 14.8. The Morgan fingerprint density at radius 2 is 1.95 bits per heavy atom. The van der Waals surface area contributed by atoms with Crippen LogP contribution in [0.2, 0.25) is 0 Å². The Bertz CT molecular complexity index is 283. The lowest BCUT2D eigenvalue weighted by atomic mass is 9.81. The monoisotopic (exact) mass is 267 g/mol. The number of unbranched alkanes of at least 4 members (excludes halogenated alkanes) is 1. The number of carbonyl (C=O) groups is 1. The second-order valence-electron chi connectivity index (χ2n) is 6.16. The largest absolute Gasteiger partial charge is 0.339 e. The molecular weight excluding hydrogens is 238 g/mol. The Balaban J connectivity index is 1.69. The maximum Gasteiger partial charge on any atom is 0.239 e. The molecule has 0 aromatic carbocycles. The van der Waals surface area contributed by atoms with Gasteiger partial charge in [0.25, 0.3) is 0 Å². The van der Waals surface area contributed by atoms with Gasteiger partial charge in [-0.1, -0.05) is 32.6 Å². The van der Waals surface area contributed by atoms with Crippen LogP contribution in [0.3, 0.4) is 0 Å². The fourth-order valence-corrected chi connectivity index (χ4v) is 3.00. The molecule has 4 heteroatoms. The number of nitrogens with zero attached hydrogens (tertiary/aromatic N) is 2. The molecule has 1 aliphatic heterocycles. The van der Waals surface area contributed by atoms with Gasteiger partial charge in [-0.25, -0.2) is 0 Å². The van der Waals surface area contributed by atoms with Gasteiger partial charge >= 0.3 is 0 Å². The van der Waals surface area contributed by atoms with Crippen molar-refractivity contribution in [2.75, 3.05) is 32.7 Å². The molecule has 1 saturated heterocycles. The van der Waals surface area contributed by atoms with Crippen molar-refractivity contribution in [1.29, 1.82) is 0 Å². The predicted molar refractivity (Wildman–Crippen MR) is 77.9 cm³/mol. The minimum Gasteiger partial charge on any atom is -0.339 e. The molecule has 0 aromatic rings. The zero-order valence-electron chi connectivity index (χ0n) is 12.3. The molecule has 1 heterocycles. The first-order valence-electron chi connectivity index (χ1n) is 7.97. The molecule has 4 nitrogen and oxygen atoms in total. The van der Waals surface area contributed by atoms with Crippen LogP contribution in [0, 0.1) is 5.92 Å². The highest BCUT2D eigenvalue weighted by atomic mass is 16.2. The minimum atomic E-state index is -0.257. The van der Waals surface area contributed by atoms with Crippen molar-refractivity contribution in [2.45, 2.75) is 51.5 Å². The highest BCUT2D eigenvalue weighted by molar-refractivity contribution is 5.81. The van der Waals surface area contributed by atoms with E-state index in [-0.39, 0.29) is 11.9 Å². The van der Waals surface area contributed by atoms with Crippen LogP contribution in [0.4, 0.5) is 0 Å². The van der Waals surface area contributed by atoms with E-state index in [2.05, 4.69) is 11.8 Å². The van der Waals surface area contributed by atoms with E-state index < -0.39 is 0 Å². The molecule has 1 saturated carbocycles. The second-order valence-corrected chi connectivity index (χ2v) is 6.16. The van der Waals surface area contributed by atoms with Crippen molar-refractivity contribution < 1.29 is 4.79 Å². The van der Waals surface area contributed by atoms with Crippen molar-refractivity contribution >= 4 is 5.91 Å². The molecule has 110 valence electrons. The van der Waals surface area contributed by atoms with E-state index in [9.17, 15) is 4.79 Å². The first-order valence-corrected chi connectivity index (χ1v) is 7.97. The van der Waals surface area contributed by atoms with Gasteiger partial charge in [-0.2, -0.15) is 0 Å². The smallest absolute Gasteiger partial charge is 0.239 e. The standard InChI is InChI=1S/C15H29N3O/c1-2-3-7-17-8-10-18(11-9-17)15(19)14(16)12-13-5-4-6-13/h13-14H,2-12,16H2,1H3/t14-/m0/s1. The minimum absolute atomic E-state index is 0.182. The summed E-state index contributed by atoms with van der Waals surface area (Å²) in [4.78, 5) is 16.7. The molecule has 0 radical (unpaired) electrons. The Kier molecular flexibility index (Phi) is 5.64. The summed E-state index contributed by atoms with van der Waals surface area (Å²) in [5.41, 5.74) is 6.07. The van der Waals surface area contributed by atoms with Gasteiger partial charge in [0, 0.05) is 26.2 Å². The van der Waals surface area contributed by atoms with Gasteiger partial charge < -0.3 is 10.6 Å². The molecular formula is C15H29N3O. The van der Waals surface area contributed by atoms with Crippen molar-refractivity contribution in [2.24, 2.45) is 11.7 Å². The molecule has 19 heavy (non-hydrogen) atoms. The zero-order chi connectivity index (χ0) is 13.7. The Labute approximate surface area is 117 Å². The van der Waals surface area contributed by atoms with E-state index in [4.69, 9.17) is 5.73 Å². The molecule has 1 aliphatic carbocycles. The van der Waals surface area contributed by atoms with Gasteiger partial charge in [0.1, 0.15) is 0 Å². The molecule has 1 amide bonds. The van der Waals surface area contributed by atoms with Crippen molar-refractivity contribution in [1.82, 2.24) is 9.80 Å². The molecule has 2 aliphatic rings. The van der Waals surface area contributed by atoms with E-state index in [1.807, 2.05) is 4.90 Å². The van der Waals surface area contributed by atoms with E-state index >= 15 is 0 Å². The number of rotatable bonds is 6. The van der Waals surface area contributed by atoms with Crippen molar-refractivity contribution in [3.05, 3.63) is 0 Å². The molecule has 2 N–H and O–H groups in total. The topological polar surface area (TPSA) is 49.6 Å². The normalized spacial score (nSPS) is 23.2. The van der Waals surface area contributed by atoms with Crippen LogP contribution in [-0.2, 0) is 4.79 Å². The number of carbonyl (C=O) groups excluding carboxylic acids is 1. The summed E-state index contributed by atoms with van der Waals surface area (Å²) < 4.78 is 0. The summed E-state index contributed by atoms with van der Waals surface area (Å²) >= 11 is 0. The Morgan fingerprint density at radius 3 is 2.47 bits per heavy atom. The van der Waals surface area contributed by atoms with Crippen molar-refractivity contribution in [3.8, 4) is 0 Å². The third kappa shape index (κ3) is 4.18. The molecule has 0 aromatic heterocycles. The van der Waals surface area contributed by atoms with Crippen LogP contribution < -0.4 is 5.73 Å². The van der Waals surface area contributed by atoms with Gasteiger partial charge in [0.05, 0.1) is 6.04 Å². The number of piperazine rings is 1. The zero-order valence-corrected chi connectivity index (χ0v) is 12.3. The quantitative estimate of drug-likeness (QED) is 0.792. The maximum atomic E-state index is 12.3. The van der Waals surface area contributed by atoms with E-state index in [0.717, 1.165) is 32.6 Å². The Morgan fingerprint density at radius 1 is 1.26 bits per heavy atom. The number of hydrogen-bond donors (Lipinski definition) is 1. The van der Waals surface area contributed by atoms with Crippen LogP contribution in [0.1, 0.15) is 45.4 Å². The van der Waals surface area contributed by atoms with E-state index in [0.29, 0.717) is 5.92 Å². The molecule has 2 fully saturated rings.